The maximum absolute atomic E-state index is 13.0. The molecule has 2 aromatic rings. The van der Waals surface area contributed by atoms with Crippen LogP contribution in [0.15, 0.2) is 34.9 Å². The minimum absolute atomic E-state index is 0.0956. The van der Waals surface area contributed by atoms with Crippen LogP contribution >= 0.6 is 0 Å². The first-order valence-corrected chi connectivity index (χ1v) is 8.74. The number of carboxylic acid groups (broad SMARTS) is 1. The van der Waals surface area contributed by atoms with Crippen LogP contribution in [0.1, 0.15) is 44.4 Å². The number of halogens is 1. The van der Waals surface area contributed by atoms with Gasteiger partial charge in [-0.2, -0.15) is 0 Å². The number of benzene rings is 1. The Bertz CT molecular complexity index is 779. The van der Waals surface area contributed by atoms with E-state index in [0.29, 0.717) is 30.1 Å². The van der Waals surface area contributed by atoms with Crippen molar-refractivity contribution in [3.63, 3.8) is 0 Å². The van der Waals surface area contributed by atoms with Gasteiger partial charge in [0.15, 0.2) is 11.7 Å². The Balaban J connectivity index is 1.58. The molecule has 0 aliphatic heterocycles. The summed E-state index contributed by atoms with van der Waals surface area (Å²) < 4.78 is 18.6. The van der Waals surface area contributed by atoms with E-state index in [2.05, 4.69) is 10.3 Å². The topological polar surface area (TPSA) is 92.4 Å². The molecule has 0 radical (unpaired) electrons. The van der Waals surface area contributed by atoms with E-state index in [0.717, 1.165) is 19.3 Å². The second-order valence-corrected chi connectivity index (χ2v) is 6.62. The average Bonchev–Trinajstić information content (AvgIpc) is 3.10. The van der Waals surface area contributed by atoms with Crippen LogP contribution in [0.25, 0.3) is 11.3 Å². The molecule has 0 bridgehead atoms. The first-order valence-electron chi connectivity index (χ1n) is 8.74. The van der Waals surface area contributed by atoms with Gasteiger partial charge in [-0.3, -0.25) is 4.79 Å². The van der Waals surface area contributed by atoms with Gasteiger partial charge in [0.05, 0.1) is 6.20 Å². The summed E-state index contributed by atoms with van der Waals surface area (Å²) >= 11 is 0. The van der Waals surface area contributed by atoms with Crippen LogP contribution in [-0.2, 0) is 16.0 Å². The summed E-state index contributed by atoms with van der Waals surface area (Å²) in [4.78, 5) is 28.0. The van der Waals surface area contributed by atoms with Gasteiger partial charge in [0.1, 0.15) is 11.4 Å². The fourth-order valence-corrected chi connectivity index (χ4v) is 3.27. The highest BCUT2D eigenvalue weighted by atomic mass is 19.1. The number of oxazole rings is 1. The predicted molar refractivity (Wildman–Crippen MR) is 91.8 cm³/mol. The normalized spacial score (nSPS) is 16.2. The minimum atomic E-state index is -1.15. The summed E-state index contributed by atoms with van der Waals surface area (Å²) in [5, 5.41) is 12.2. The SMILES string of the molecule is O=C(CCc1ncc(-c2ccc(F)cc2)o1)NC1(C(=O)O)CCCCC1. The second-order valence-electron chi connectivity index (χ2n) is 6.62. The van der Waals surface area contributed by atoms with E-state index < -0.39 is 11.5 Å². The number of carbonyl (C=O) groups excluding carboxylic acids is 1. The summed E-state index contributed by atoms with van der Waals surface area (Å²) in [6.07, 6.45) is 5.40. The molecule has 7 heteroatoms. The van der Waals surface area contributed by atoms with Crippen LogP contribution < -0.4 is 5.32 Å². The average molecular weight is 360 g/mol. The van der Waals surface area contributed by atoms with E-state index in [9.17, 15) is 19.1 Å². The van der Waals surface area contributed by atoms with Gasteiger partial charge in [-0.15, -0.1) is 0 Å². The summed E-state index contributed by atoms with van der Waals surface area (Å²) in [6, 6.07) is 5.85. The predicted octanol–water partition coefficient (Wildman–Crippen LogP) is 3.32. The molecule has 0 unspecified atom stereocenters. The fraction of sp³-hybridized carbons (Fsp3) is 0.421. The maximum atomic E-state index is 13.0. The third-order valence-corrected chi connectivity index (χ3v) is 4.74. The largest absolute Gasteiger partial charge is 0.480 e. The molecule has 6 nitrogen and oxygen atoms in total. The van der Waals surface area contributed by atoms with Crippen LogP contribution in [-0.4, -0.2) is 27.5 Å². The molecule has 0 atom stereocenters. The molecule has 0 spiro atoms. The molecule has 26 heavy (non-hydrogen) atoms. The van der Waals surface area contributed by atoms with Crippen molar-refractivity contribution in [2.75, 3.05) is 0 Å². The molecule has 138 valence electrons. The van der Waals surface area contributed by atoms with E-state index in [-0.39, 0.29) is 24.6 Å². The van der Waals surface area contributed by atoms with Crippen LogP contribution in [0, 0.1) is 5.82 Å². The molecule has 1 heterocycles. The molecule has 1 aliphatic rings. The van der Waals surface area contributed by atoms with Crippen molar-refractivity contribution in [1.82, 2.24) is 10.3 Å². The number of amides is 1. The summed E-state index contributed by atoms with van der Waals surface area (Å²) in [6.45, 7) is 0. The zero-order valence-electron chi connectivity index (χ0n) is 14.3. The molecule has 2 N–H and O–H groups in total. The number of rotatable bonds is 6. The number of carbonyl (C=O) groups is 2. The van der Waals surface area contributed by atoms with Crippen molar-refractivity contribution in [1.29, 1.82) is 0 Å². The third-order valence-electron chi connectivity index (χ3n) is 4.74. The van der Waals surface area contributed by atoms with Crippen LogP contribution in [0.2, 0.25) is 0 Å². The number of nitrogens with one attached hydrogen (secondary N) is 1. The number of nitrogens with zero attached hydrogens (tertiary/aromatic N) is 1. The number of carboxylic acids is 1. The van der Waals surface area contributed by atoms with Crippen LogP contribution in [0.4, 0.5) is 4.39 Å². The number of hydrogen-bond acceptors (Lipinski definition) is 4. The van der Waals surface area contributed by atoms with Gasteiger partial charge in [0.2, 0.25) is 5.91 Å². The first kappa shape index (κ1) is 18.1. The van der Waals surface area contributed by atoms with Crippen LogP contribution in [0.3, 0.4) is 0 Å². The summed E-state index contributed by atoms with van der Waals surface area (Å²) in [5.41, 5.74) is -0.452. The molecule has 1 fully saturated rings. The van der Waals surface area contributed by atoms with Gasteiger partial charge in [0, 0.05) is 18.4 Å². The van der Waals surface area contributed by atoms with Gasteiger partial charge in [-0.25, -0.2) is 14.2 Å². The Morgan fingerprint density at radius 3 is 2.54 bits per heavy atom. The smallest absolute Gasteiger partial charge is 0.329 e. The van der Waals surface area contributed by atoms with E-state index in [1.807, 2.05) is 0 Å². The maximum Gasteiger partial charge on any atom is 0.329 e. The monoisotopic (exact) mass is 360 g/mol. The molecule has 1 aromatic heterocycles. The standard InChI is InChI=1S/C19H21FN2O4/c20-14-6-4-13(5-7-14)15-12-21-17(26-15)9-8-16(23)22-19(18(24)25)10-2-1-3-11-19/h4-7,12H,1-3,8-11H2,(H,22,23)(H,24,25). The lowest BCUT2D eigenvalue weighted by atomic mass is 9.81. The zero-order valence-corrected chi connectivity index (χ0v) is 14.3. The number of aliphatic carboxylic acids is 1. The lowest BCUT2D eigenvalue weighted by Crippen LogP contribution is -2.55. The molecule has 1 saturated carbocycles. The van der Waals surface area contributed by atoms with Crippen molar-refractivity contribution in [3.05, 3.63) is 42.2 Å². The minimum Gasteiger partial charge on any atom is -0.480 e. The van der Waals surface area contributed by atoms with Gasteiger partial charge in [-0.1, -0.05) is 19.3 Å². The molecular formula is C19H21FN2O4. The Kier molecular flexibility index (Phi) is 5.35. The lowest BCUT2D eigenvalue weighted by Gasteiger charge is -2.33. The van der Waals surface area contributed by atoms with Crippen molar-refractivity contribution in [3.8, 4) is 11.3 Å². The Morgan fingerprint density at radius 2 is 1.88 bits per heavy atom. The molecule has 3 rings (SSSR count). The Morgan fingerprint density at radius 1 is 1.19 bits per heavy atom. The molecule has 1 amide bonds. The summed E-state index contributed by atoms with van der Waals surface area (Å²) in [7, 11) is 0. The van der Waals surface area contributed by atoms with E-state index in [1.165, 1.54) is 18.3 Å². The lowest BCUT2D eigenvalue weighted by molar-refractivity contribution is -0.149. The highest BCUT2D eigenvalue weighted by molar-refractivity contribution is 5.87. The molecule has 0 saturated heterocycles. The van der Waals surface area contributed by atoms with E-state index in [4.69, 9.17) is 4.42 Å². The third kappa shape index (κ3) is 4.09. The van der Waals surface area contributed by atoms with E-state index in [1.54, 1.807) is 12.1 Å². The van der Waals surface area contributed by atoms with Gasteiger partial charge in [0.25, 0.3) is 0 Å². The highest BCUT2D eigenvalue weighted by Gasteiger charge is 2.40. The van der Waals surface area contributed by atoms with Gasteiger partial charge < -0.3 is 14.8 Å². The van der Waals surface area contributed by atoms with E-state index >= 15 is 0 Å². The van der Waals surface area contributed by atoms with Crippen molar-refractivity contribution >= 4 is 11.9 Å². The van der Waals surface area contributed by atoms with Crippen molar-refractivity contribution in [2.24, 2.45) is 0 Å². The molecule has 1 aliphatic carbocycles. The highest BCUT2D eigenvalue weighted by Crippen LogP contribution is 2.28. The number of hydrogen-bond donors (Lipinski definition) is 2. The second kappa shape index (κ2) is 7.68. The van der Waals surface area contributed by atoms with Gasteiger partial charge in [-0.05, 0) is 37.1 Å². The quantitative estimate of drug-likeness (QED) is 0.824. The molecule has 1 aromatic carbocycles. The Hall–Kier alpha value is -2.70. The van der Waals surface area contributed by atoms with Crippen molar-refractivity contribution < 1.29 is 23.5 Å². The Labute approximate surface area is 150 Å². The number of aromatic nitrogens is 1. The zero-order chi connectivity index (χ0) is 18.6. The van der Waals surface area contributed by atoms with Gasteiger partial charge >= 0.3 is 5.97 Å². The number of aryl methyl sites for hydroxylation is 1. The molecular weight excluding hydrogens is 339 g/mol. The fourth-order valence-electron chi connectivity index (χ4n) is 3.27. The summed E-state index contributed by atoms with van der Waals surface area (Å²) in [5.74, 6) is -0.751. The first-order chi connectivity index (χ1) is 12.5. The van der Waals surface area contributed by atoms with Crippen LogP contribution in [0.5, 0.6) is 0 Å². The van der Waals surface area contributed by atoms with Crippen molar-refractivity contribution in [2.45, 2.75) is 50.5 Å².